The van der Waals surface area contributed by atoms with Crippen LogP contribution in [0.25, 0.3) is 11.3 Å². The third-order valence-electron chi connectivity index (χ3n) is 4.92. The number of aromatic nitrogens is 2. The summed E-state index contributed by atoms with van der Waals surface area (Å²) >= 11 is 0. The van der Waals surface area contributed by atoms with E-state index in [0.29, 0.717) is 12.5 Å². The zero-order valence-electron chi connectivity index (χ0n) is 15.0. The standard InChI is InChI=1S/C19H25N3O3/c1-13(7-8-18(23)25-3)22-10-9-17-16(12-22)19(21-20-17)14-5-4-6-15(11-14)24-2/h4-6,11,13H,7-10,12H2,1-3H3,(H,20,21). The van der Waals surface area contributed by atoms with Crippen molar-refractivity contribution in [3.8, 4) is 17.0 Å². The summed E-state index contributed by atoms with van der Waals surface area (Å²) in [5.41, 5.74) is 4.48. The number of methoxy groups -OCH3 is 2. The number of aromatic amines is 1. The highest BCUT2D eigenvalue weighted by Gasteiger charge is 2.26. The number of nitrogens with one attached hydrogen (secondary N) is 1. The van der Waals surface area contributed by atoms with E-state index in [1.54, 1.807) is 7.11 Å². The number of rotatable bonds is 6. The van der Waals surface area contributed by atoms with Gasteiger partial charge in [-0.2, -0.15) is 5.10 Å². The summed E-state index contributed by atoms with van der Waals surface area (Å²) < 4.78 is 10.1. The van der Waals surface area contributed by atoms with Crippen molar-refractivity contribution >= 4 is 5.97 Å². The molecule has 6 heteroatoms. The summed E-state index contributed by atoms with van der Waals surface area (Å²) in [4.78, 5) is 13.8. The highest BCUT2D eigenvalue weighted by atomic mass is 16.5. The Morgan fingerprint density at radius 2 is 2.24 bits per heavy atom. The Labute approximate surface area is 148 Å². The minimum Gasteiger partial charge on any atom is -0.497 e. The molecule has 1 unspecified atom stereocenters. The highest BCUT2D eigenvalue weighted by Crippen LogP contribution is 2.31. The number of ether oxygens (including phenoxy) is 2. The van der Waals surface area contributed by atoms with Gasteiger partial charge >= 0.3 is 5.97 Å². The maximum Gasteiger partial charge on any atom is 0.305 e. The van der Waals surface area contributed by atoms with Crippen LogP contribution in [0, 0.1) is 0 Å². The lowest BCUT2D eigenvalue weighted by Gasteiger charge is -2.32. The maximum absolute atomic E-state index is 11.4. The Kier molecular flexibility index (Phi) is 5.38. The van der Waals surface area contributed by atoms with Crippen molar-refractivity contribution in [1.29, 1.82) is 0 Å². The van der Waals surface area contributed by atoms with Crippen LogP contribution in [-0.4, -0.2) is 47.9 Å². The number of nitrogens with zero attached hydrogens (tertiary/aromatic N) is 2. The zero-order valence-corrected chi connectivity index (χ0v) is 15.0. The van der Waals surface area contributed by atoms with Crippen molar-refractivity contribution in [2.24, 2.45) is 0 Å². The fourth-order valence-electron chi connectivity index (χ4n) is 3.31. The number of benzene rings is 1. The van der Waals surface area contributed by atoms with Gasteiger partial charge in [-0.25, -0.2) is 0 Å². The van der Waals surface area contributed by atoms with Gasteiger partial charge in [-0.3, -0.25) is 14.8 Å². The molecule has 134 valence electrons. The second-order valence-electron chi connectivity index (χ2n) is 6.45. The highest BCUT2D eigenvalue weighted by molar-refractivity contribution is 5.69. The molecule has 0 bridgehead atoms. The molecule has 1 aromatic carbocycles. The molecule has 1 aliphatic heterocycles. The molecular weight excluding hydrogens is 318 g/mol. The van der Waals surface area contributed by atoms with Gasteiger partial charge in [0.1, 0.15) is 5.75 Å². The molecule has 1 aliphatic rings. The van der Waals surface area contributed by atoms with Crippen LogP contribution < -0.4 is 4.74 Å². The average molecular weight is 343 g/mol. The van der Waals surface area contributed by atoms with Crippen molar-refractivity contribution in [3.63, 3.8) is 0 Å². The molecule has 0 radical (unpaired) electrons. The van der Waals surface area contributed by atoms with E-state index in [1.807, 2.05) is 18.2 Å². The van der Waals surface area contributed by atoms with Crippen molar-refractivity contribution in [2.75, 3.05) is 20.8 Å². The van der Waals surface area contributed by atoms with E-state index in [1.165, 1.54) is 18.4 Å². The quantitative estimate of drug-likeness (QED) is 0.817. The lowest BCUT2D eigenvalue weighted by molar-refractivity contribution is -0.141. The van der Waals surface area contributed by atoms with Crippen molar-refractivity contribution in [3.05, 3.63) is 35.5 Å². The first kappa shape index (κ1) is 17.5. The number of carbonyl (C=O) groups is 1. The van der Waals surface area contributed by atoms with Gasteiger partial charge in [-0.1, -0.05) is 12.1 Å². The van der Waals surface area contributed by atoms with Crippen LogP contribution >= 0.6 is 0 Å². The van der Waals surface area contributed by atoms with Gasteiger partial charge in [-0.15, -0.1) is 0 Å². The van der Waals surface area contributed by atoms with Gasteiger partial charge in [0.05, 0.1) is 19.9 Å². The van der Waals surface area contributed by atoms with Gasteiger partial charge in [0.2, 0.25) is 0 Å². The Morgan fingerprint density at radius 1 is 1.40 bits per heavy atom. The number of esters is 1. The lowest BCUT2D eigenvalue weighted by Crippen LogP contribution is -2.37. The van der Waals surface area contributed by atoms with Gasteiger partial charge in [0.25, 0.3) is 0 Å². The van der Waals surface area contributed by atoms with Crippen LogP contribution in [0.2, 0.25) is 0 Å². The van der Waals surface area contributed by atoms with Gasteiger partial charge < -0.3 is 9.47 Å². The summed E-state index contributed by atoms with van der Waals surface area (Å²) in [6.07, 6.45) is 2.19. The Bertz CT molecular complexity index is 741. The smallest absolute Gasteiger partial charge is 0.305 e. The molecule has 1 aromatic heterocycles. The summed E-state index contributed by atoms with van der Waals surface area (Å²) in [6.45, 7) is 3.97. The van der Waals surface area contributed by atoms with E-state index < -0.39 is 0 Å². The normalized spacial score (nSPS) is 15.5. The van der Waals surface area contributed by atoms with E-state index in [0.717, 1.165) is 42.9 Å². The van der Waals surface area contributed by atoms with E-state index in [9.17, 15) is 4.79 Å². The average Bonchev–Trinajstić information content (AvgIpc) is 3.08. The summed E-state index contributed by atoms with van der Waals surface area (Å²) in [7, 11) is 3.11. The van der Waals surface area contributed by atoms with E-state index in [-0.39, 0.29) is 5.97 Å². The Hall–Kier alpha value is -2.34. The number of H-pyrrole nitrogens is 1. The SMILES string of the molecule is COC(=O)CCC(C)N1CCc2[nH]nc(-c3cccc(OC)c3)c2C1. The topological polar surface area (TPSA) is 67.5 Å². The molecular formula is C19H25N3O3. The molecule has 3 rings (SSSR count). The predicted molar refractivity (Wildman–Crippen MR) is 95.4 cm³/mol. The number of fused-ring (bicyclic) bond motifs is 1. The molecule has 0 fully saturated rings. The van der Waals surface area contributed by atoms with Crippen molar-refractivity contribution in [2.45, 2.75) is 38.8 Å². The molecule has 0 saturated carbocycles. The third kappa shape index (κ3) is 3.85. The van der Waals surface area contributed by atoms with Crippen LogP contribution in [0.5, 0.6) is 5.75 Å². The second kappa shape index (κ2) is 7.70. The molecule has 2 heterocycles. The minimum atomic E-state index is -0.148. The van der Waals surface area contributed by atoms with Crippen molar-refractivity contribution in [1.82, 2.24) is 15.1 Å². The number of carbonyl (C=O) groups excluding carboxylic acids is 1. The van der Waals surface area contributed by atoms with Crippen LogP contribution in [0.1, 0.15) is 31.0 Å². The first-order chi connectivity index (χ1) is 12.1. The monoisotopic (exact) mass is 343 g/mol. The molecule has 0 saturated heterocycles. The first-order valence-corrected chi connectivity index (χ1v) is 8.63. The molecule has 1 N–H and O–H groups in total. The van der Waals surface area contributed by atoms with E-state index >= 15 is 0 Å². The molecule has 1 atom stereocenters. The molecule has 0 spiro atoms. The first-order valence-electron chi connectivity index (χ1n) is 8.63. The second-order valence-corrected chi connectivity index (χ2v) is 6.45. The van der Waals surface area contributed by atoms with Gasteiger partial charge in [-0.05, 0) is 25.5 Å². The Morgan fingerprint density at radius 3 is 3.00 bits per heavy atom. The zero-order chi connectivity index (χ0) is 17.8. The maximum atomic E-state index is 11.4. The predicted octanol–water partition coefficient (Wildman–Crippen LogP) is 2.79. The summed E-state index contributed by atoms with van der Waals surface area (Å²) in [6, 6.07) is 8.30. The van der Waals surface area contributed by atoms with Crippen LogP contribution in [0.3, 0.4) is 0 Å². The molecule has 6 nitrogen and oxygen atoms in total. The van der Waals surface area contributed by atoms with E-state index in [2.05, 4.69) is 28.1 Å². The third-order valence-corrected chi connectivity index (χ3v) is 4.92. The van der Waals surface area contributed by atoms with Crippen LogP contribution in [0.4, 0.5) is 0 Å². The molecule has 25 heavy (non-hydrogen) atoms. The Balaban J connectivity index is 1.76. The fraction of sp³-hybridized carbons (Fsp3) is 0.474. The summed E-state index contributed by atoms with van der Waals surface area (Å²) in [5, 5.41) is 7.73. The van der Waals surface area contributed by atoms with Crippen LogP contribution in [0.15, 0.2) is 24.3 Å². The molecule has 0 aliphatic carbocycles. The van der Waals surface area contributed by atoms with Gasteiger partial charge in [0.15, 0.2) is 0 Å². The van der Waals surface area contributed by atoms with E-state index in [4.69, 9.17) is 9.47 Å². The largest absolute Gasteiger partial charge is 0.497 e. The van der Waals surface area contributed by atoms with Crippen molar-refractivity contribution < 1.29 is 14.3 Å². The number of hydrogen-bond donors (Lipinski definition) is 1. The lowest BCUT2D eigenvalue weighted by atomic mass is 9.99. The molecule has 0 amide bonds. The summed E-state index contributed by atoms with van der Waals surface area (Å²) in [5.74, 6) is 0.679. The number of hydrogen-bond acceptors (Lipinski definition) is 5. The minimum absolute atomic E-state index is 0.148. The fourth-order valence-corrected chi connectivity index (χ4v) is 3.31. The van der Waals surface area contributed by atoms with Crippen LogP contribution in [-0.2, 0) is 22.5 Å². The molecule has 2 aromatic rings. The van der Waals surface area contributed by atoms with Gasteiger partial charge in [0, 0.05) is 48.8 Å².